The summed E-state index contributed by atoms with van der Waals surface area (Å²) in [6.07, 6.45) is 5.45. The number of carbonyl (C=O) groups excluding carboxylic acids is 2. The van der Waals surface area contributed by atoms with Gasteiger partial charge in [0.15, 0.2) is 0 Å². The molecule has 0 saturated carbocycles. The summed E-state index contributed by atoms with van der Waals surface area (Å²) in [6, 6.07) is 12.6. The van der Waals surface area contributed by atoms with Gasteiger partial charge in [-0.15, -0.1) is 0 Å². The van der Waals surface area contributed by atoms with Crippen molar-refractivity contribution in [1.29, 1.82) is 0 Å². The minimum atomic E-state index is -1.04. The SMILES string of the molecule is CCc1cccc2c(OC(=O)C3CC=C(C)CC3C(=O)O)c3ccccc3c(OC(=O)C3CC=C(C)CC3C(=O)O)c12. The van der Waals surface area contributed by atoms with E-state index >= 15 is 0 Å². The molecule has 0 amide bonds. The van der Waals surface area contributed by atoms with Gasteiger partial charge in [0.25, 0.3) is 0 Å². The van der Waals surface area contributed by atoms with Crippen LogP contribution in [0.15, 0.2) is 65.8 Å². The van der Waals surface area contributed by atoms with Crippen molar-refractivity contribution < 1.29 is 38.9 Å². The first-order valence-corrected chi connectivity index (χ1v) is 14.3. The number of allylic oxidation sites excluding steroid dienone is 4. The highest BCUT2D eigenvalue weighted by atomic mass is 16.5. The molecule has 0 aromatic heterocycles. The number of hydrogen-bond donors (Lipinski definition) is 2. The Kier molecular flexibility index (Phi) is 8.16. The molecule has 0 spiro atoms. The molecule has 8 nitrogen and oxygen atoms in total. The van der Waals surface area contributed by atoms with Crippen LogP contribution in [0.1, 0.15) is 52.0 Å². The molecule has 2 aliphatic rings. The zero-order chi connectivity index (χ0) is 30.1. The molecular weight excluding hydrogens is 536 g/mol. The monoisotopic (exact) mass is 570 g/mol. The number of benzene rings is 3. The van der Waals surface area contributed by atoms with Crippen molar-refractivity contribution in [2.75, 3.05) is 0 Å². The summed E-state index contributed by atoms with van der Waals surface area (Å²) in [4.78, 5) is 51.2. The van der Waals surface area contributed by atoms with Crippen LogP contribution in [-0.2, 0) is 25.6 Å². The summed E-state index contributed by atoms with van der Waals surface area (Å²) in [5.41, 5.74) is 2.71. The molecule has 0 saturated heterocycles. The van der Waals surface area contributed by atoms with Gasteiger partial charge in [-0.1, -0.05) is 72.7 Å². The molecule has 0 bridgehead atoms. The minimum absolute atomic E-state index is 0.271. The molecule has 218 valence electrons. The van der Waals surface area contributed by atoms with Crippen molar-refractivity contribution in [3.8, 4) is 11.5 Å². The maximum absolute atomic E-state index is 13.6. The third-order valence-electron chi connectivity index (χ3n) is 8.56. The molecule has 5 rings (SSSR count). The van der Waals surface area contributed by atoms with Crippen LogP contribution in [-0.4, -0.2) is 34.1 Å². The summed E-state index contributed by atoms with van der Waals surface area (Å²) in [7, 11) is 0. The van der Waals surface area contributed by atoms with Crippen molar-refractivity contribution in [2.24, 2.45) is 23.7 Å². The third-order valence-corrected chi connectivity index (χ3v) is 8.56. The van der Waals surface area contributed by atoms with Crippen LogP contribution < -0.4 is 9.47 Å². The maximum atomic E-state index is 13.6. The van der Waals surface area contributed by atoms with E-state index in [4.69, 9.17) is 9.47 Å². The average molecular weight is 571 g/mol. The quantitative estimate of drug-likeness (QED) is 0.143. The highest BCUT2D eigenvalue weighted by molar-refractivity contribution is 6.14. The maximum Gasteiger partial charge on any atom is 0.315 e. The number of esters is 2. The highest BCUT2D eigenvalue weighted by Crippen LogP contribution is 2.46. The van der Waals surface area contributed by atoms with Crippen LogP contribution in [0.5, 0.6) is 11.5 Å². The average Bonchev–Trinajstić information content (AvgIpc) is 2.97. The van der Waals surface area contributed by atoms with Gasteiger partial charge in [-0.25, -0.2) is 0 Å². The van der Waals surface area contributed by atoms with Crippen molar-refractivity contribution in [3.63, 3.8) is 0 Å². The Balaban J connectivity index is 1.63. The summed E-state index contributed by atoms with van der Waals surface area (Å²) >= 11 is 0. The van der Waals surface area contributed by atoms with Gasteiger partial charge in [-0.05, 0) is 51.5 Å². The predicted octanol–water partition coefficient (Wildman–Crippen LogP) is 6.48. The molecule has 0 heterocycles. The number of ether oxygens (including phenoxy) is 2. The lowest BCUT2D eigenvalue weighted by atomic mass is 9.80. The second-order valence-electron chi connectivity index (χ2n) is 11.3. The number of carbonyl (C=O) groups is 4. The Morgan fingerprint density at radius 1 is 0.690 bits per heavy atom. The molecule has 8 heteroatoms. The Labute approximate surface area is 243 Å². The first-order chi connectivity index (χ1) is 20.1. The second kappa shape index (κ2) is 11.8. The normalized spacial score (nSPS) is 22.3. The van der Waals surface area contributed by atoms with Crippen LogP contribution in [0.4, 0.5) is 0 Å². The van der Waals surface area contributed by atoms with Gasteiger partial charge < -0.3 is 19.7 Å². The molecule has 0 fully saturated rings. The highest BCUT2D eigenvalue weighted by Gasteiger charge is 2.39. The number of aliphatic carboxylic acids is 2. The Morgan fingerprint density at radius 2 is 1.17 bits per heavy atom. The smallest absolute Gasteiger partial charge is 0.315 e. The fraction of sp³-hybridized carbons (Fsp3) is 0.353. The molecule has 0 aliphatic heterocycles. The van der Waals surface area contributed by atoms with E-state index in [2.05, 4.69) is 0 Å². The van der Waals surface area contributed by atoms with Gasteiger partial charge in [0.1, 0.15) is 11.5 Å². The molecule has 2 N–H and O–H groups in total. The van der Waals surface area contributed by atoms with E-state index in [-0.39, 0.29) is 37.2 Å². The Hall–Kier alpha value is -4.46. The summed E-state index contributed by atoms with van der Waals surface area (Å²) in [5, 5.41) is 21.9. The number of rotatable bonds is 7. The molecule has 2 aliphatic carbocycles. The van der Waals surface area contributed by atoms with Crippen molar-refractivity contribution in [2.45, 2.75) is 52.9 Å². The van der Waals surface area contributed by atoms with E-state index in [0.717, 1.165) is 16.7 Å². The Bertz CT molecular complexity index is 1660. The third kappa shape index (κ3) is 5.41. The molecule has 4 unspecified atom stereocenters. The molecule has 4 atom stereocenters. The fourth-order valence-corrected chi connectivity index (χ4v) is 6.25. The molecule has 3 aromatic carbocycles. The van der Waals surface area contributed by atoms with Gasteiger partial charge in [-0.2, -0.15) is 0 Å². The number of carboxylic acid groups (broad SMARTS) is 2. The lowest BCUT2D eigenvalue weighted by Gasteiger charge is -2.27. The fourth-order valence-electron chi connectivity index (χ4n) is 6.25. The Morgan fingerprint density at radius 3 is 1.67 bits per heavy atom. The van der Waals surface area contributed by atoms with Crippen LogP contribution >= 0.6 is 0 Å². The number of hydrogen-bond acceptors (Lipinski definition) is 6. The first kappa shape index (κ1) is 29.0. The first-order valence-electron chi connectivity index (χ1n) is 14.3. The van der Waals surface area contributed by atoms with Gasteiger partial charge in [-0.3, -0.25) is 19.2 Å². The second-order valence-corrected chi connectivity index (χ2v) is 11.3. The standard InChI is InChI=1S/C34H34O8/c1-4-20-8-7-11-25-28(20)30(42-34(40)24-15-13-19(3)17-27(24)32(37)38)22-10-6-5-9-21(22)29(25)41-33(39)23-14-12-18(2)16-26(23)31(35)36/h5-13,23-24,26-27H,4,14-17H2,1-3H3,(H,35,36)(H,37,38). The van der Waals surface area contributed by atoms with Crippen molar-refractivity contribution in [3.05, 3.63) is 71.3 Å². The van der Waals surface area contributed by atoms with Gasteiger partial charge in [0.2, 0.25) is 0 Å². The molecule has 3 aromatic rings. The zero-order valence-corrected chi connectivity index (χ0v) is 23.9. The largest absolute Gasteiger partial charge is 0.481 e. The van der Waals surface area contributed by atoms with Crippen LogP contribution in [0, 0.1) is 23.7 Å². The van der Waals surface area contributed by atoms with Crippen LogP contribution in [0.25, 0.3) is 21.5 Å². The van der Waals surface area contributed by atoms with E-state index in [9.17, 15) is 29.4 Å². The van der Waals surface area contributed by atoms with Gasteiger partial charge in [0.05, 0.1) is 23.7 Å². The lowest BCUT2D eigenvalue weighted by molar-refractivity contribution is -0.152. The van der Waals surface area contributed by atoms with Gasteiger partial charge in [0, 0.05) is 21.5 Å². The van der Waals surface area contributed by atoms with E-state index in [0.29, 0.717) is 28.0 Å². The van der Waals surface area contributed by atoms with Crippen molar-refractivity contribution in [1.82, 2.24) is 0 Å². The van der Waals surface area contributed by atoms with Gasteiger partial charge >= 0.3 is 23.9 Å². The minimum Gasteiger partial charge on any atom is -0.481 e. The number of carboxylic acids is 2. The van der Waals surface area contributed by atoms with Crippen LogP contribution in [0.2, 0.25) is 0 Å². The number of aryl methyl sites for hydroxylation is 1. The lowest BCUT2D eigenvalue weighted by Crippen LogP contribution is -2.35. The zero-order valence-electron chi connectivity index (χ0n) is 23.9. The summed E-state index contributed by atoms with van der Waals surface area (Å²) in [6.45, 7) is 5.67. The summed E-state index contributed by atoms with van der Waals surface area (Å²) in [5.74, 6) is -6.23. The molecule has 0 radical (unpaired) electrons. The van der Waals surface area contributed by atoms with E-state index in [1.165, 1.54) is 0 Å². The van der Waals surface area contributed by atoms with E-state index in [1.54, 1.807) is 30.3 Å². The van der Waals surface area contributed by atoms with Crippen LogP contribution in [0.3, 0.4) is 0 Å². The predicted molar refractivity (Wildman–Crippen MR) is 157 cm³/mol. The topological polar surface area (TPSA) is 127 Å². The van der Waals surface area contributed by atoms with E-state index < -0.39 is 47.5 Å². The molecular formula is C34H34O8. The summed E-state index contributed by atoms with van der Waals surface area (Å²) < 4.78 is 12.2. The van der Waals surface area contributed by atoms with Crippen molar-refractivity contribution >= 4 is 45.4 Å². The molecule has 42 heavy (non-hydrogen) atoms. The number of fused-ring (bicyclic) bond motifs is 2. The van der Waals surface area contributed by atoms with E-state index in [1.807, 2.05) is 45.1 Å².